The van der Waals surface area contributed by atoms with Gasteiger partial charge >= 0.3 is 0 Å². The Hall–Kier alpha value is -1.35. The molecule has 0 aliphatic carbocycles. The van der Waals surface area contributed by atoms with Crippen LogP contribution in [-0.4, -0.2) is 25.5 Å². The van der Waals surface area contributed by atoms with Crippen molar-refractivity contribution < 1.29 is 4.79 Å². The molecular formula is C17H26N2O. The van der Waals surface area contributed by atoms with Crippen LogP contribution in [-0.2, 0) is 11.2 Å². The van der Waals surface area contributed by atoms with Crippen molar-refractivity contribution in [3.8, 4) is 0 Å². The fraction of sp³-hybridized carbons (Fsp3) is 0.588. The van der Waals surface area contributed by atoms with Gasteiger partial charge in [0.25, 0.3) is 0 Å². The molecule has 1 atom stereocenters. The van der Waals surface area contributed by atoms with E-state index < -0.39 is 0 Å². The summed E-state index contributed by atoms with van der Waals surface area (Å²) in [5.74, 6) is 0.891. The number of carbonyl (C=O) groups excluding carboxylic acids is 1. The van der Waals surface area contributed by atoms with Crippen molar-refractivity contribution in [2.24, 2.45) is 5.92 Å². The molecule has 1 heterocycles. The van der Waals surface area contributed by atoms with Gasteiger partial charge in [0.1, 0.15) is 0 Å². The highest BCUT2D eigenvalue weighted by Gasteiger charge is 2.15. The van der Waals surface area contributed by atoms with Crippen LogP contribution in [0, 0.1) is 19.8 Å². The fourth-order valence-corrected chi connectivity index (χ4v) is 2.85. The monoisotopic (exact) mass is 274 g/mol. The number of hydrogen-bond acceptors (Lipinski definition) is 2. The third kappa shape index (κ3) is 4.64. The maximum Gasteiger partial charge on any atom is 0.220 e. The maximum atomic E-state index is 11.8. The molecule has 1 saturated heterocycles. The van der Waals surface area contributed by atoms with Gasteiger partial charge in [0.2, 0.25) is 5.91 Å². The van der Waals surface area contributed by atoms with Gasteiger partial charge in [-0.3, -0.25) is 4.79 Å². The third-order valence-electron chi connectivity index (χ3n) is 4.16. The molecule has 0 radical (unpaired) electrons. The summed E-state index contributed by atoms with van der Waals surface area (Å²) in [7, 11) is 0. The highest BCUT2D eigenvalue weighted by molar-refractivity contribution is 5.75. The zero-order chi connectivity index (χ0) is 14.4. The number of carbonyl (C=O) groups is 1. The van der Waals surface area contributed by atoms with Gasteiger partial charge in [0.15, 0.2) is 0 Å². The molecule has 1 aliphatic heterocycles. The van der Waals surface area contributed by atoms with E-state index in [0.717, 1.165) is 32.5 Å². The van der Waals surface area contributed by atoms with Gasteiger partial charge in [-0.15, -0.1) is 0 Å². The number of amides is 1. The fourth-order valence-electron chi connectivity index (χ4n) is 2.85. The van der Waals surface area contributed by atoms with E-state index in [-0.39, 0.29) is 5.91 Å². The molecule has 1 aliphatic rings. The Bertz CT molecular complexity index is 450. The molecular weight excluding hydrogens is 248 g/mol. The van der Waals surface area contributed by atoms with E-state index in [4.69, 9.17) is 0 Å². The standard InChI is InChI=1S/C17H26N2O/c1-13-3-5-16(14(2)11-13)8-10-19-17(20)6-4-15-7-9-18-12-15/h3,5,11,15,18H,4,6-10,12H2,1-2H3,(H,19,20). The van der Waals surface area contributed by atoms with Gasteiger partial charge in [0.05, 0.1) is 0 Å². The summed E-state index contributed by atoms with van der Waals surface area (Å²) < 4.78 is 0. The largest absolute Gasteiger partial charge is 0.356 e. The van der Waals surface area contributed by atoms with E-state index >= 15 is 0 Å². The lowest BCUT2D eigenvalue weighted by molar-refractivity contribution is -0.121. The molecule has 0 spiro atoms. The van der Waals surface area contributed by atoms with Crippen LogP contribution in [0.5, 0.6) is 0 Å². The molecule has 1 unspecified atom stereocenters. The van der Waals surface area contributed by atoms with Crippen LogP contribution in [0.1, 0.15) is 36.0 Å². The van der Waals surface area contributed by atoms with E-state index in [1.54, 1.807) is 0 Å². The Morgan fingerprint density at radius 1 is 1.40 bits per heavy atom. The van der Waals surface area contributed by atoms with Crippen molar-refractivity contribution >= 4 is 5.91 Å². The van der Waals surface area contributed by atoms with E-state index in [2.05, 4.69) is 42.7 Å². The summed E-state index contributed by atoms with van der Waals surface area (Å²) in [5.41, 5.74) is 3.94. The summed E-state index contributed by atoms with van der Waals surface area (Å²) in [6.45, 7) is 7.17. The number of rotatable bonds is 6. The van der Waals surface area contributed by atoms with Crippen LogP contribution in [0.15, 0.2) is 18.2 Å². The predicted octanol–water partition coefficient (Wildman–Crippen LogP) is 2.35. The van der Waals surface area contributed by atoms with E-state index in [0.29, 0.717) is 12.3 Å². The Morgan fingerprint density at radius 2 is 2.25 bits per heavy atom. The van der Waals surface area contributed by atoms with Crippen LogP contribution >= 0.6 is 0 Å². The van der Waals surface area contributed by atoms with E-state index in [1.807, 2.05) is 0 Å². The Kier molecular flexibility index (Phi) is 5.60. The average Bonchev–Trinajstić information content (AvgIpc) is 2.92. The second kappa shape index (κ2) is 7.44. The Balaban J connectivity index is 1.65. The molecule has 2 rings (SSSR count). The first-order valence-electron chi connectivity index (χ1n) is 7.68. The van der Waals surface area contributed by atoms with Crippen molar-refractivity contribution in [2.45, 2.75) is 39.5 Å². The maximum absolute atomic E-state index is 11.8. The summed E-state index contributed by atoms with van der Waals surface area (Å²) in [6.07, 6.45) is 3.82. The molecule has 1 aromatic rings. The molecule has 2 N–H and O–H groups in total. The highest BCUT2D eigenvalue weighted by atomic mass is 16.1. The van der Waals surface area contributed by atoms with Crippen LogP contribution in [0.25, 0.3) is 0 Å². The lowest BCUT2D eigenvalue weighted by Crippen LogP contribution is -2.26. The molecule has 0 aromatic heterocycles. The second-order valence-corrected chi connectivity index (χ2v) is 5.93. The lowest BCUT2D eigenvalue weighted by Gasteiger charge is -2.10. The lowest BCUT2D eigenvalue weighted by atomic mass is 10.0. The smallest absolute Gasteiger partial charge is 0.220 e. The minimum Gasteiger partial charge on any atom is -0.356 e. The summed E-state index contributed by atoms with van der Waals surface area (Å²) in [4.78, 5) is 11.8. The van der Waals surface area contributed by atoms with Crippen molar-refractivity contribution in [2.75, 3.05) is 19.6 Å². The van der Waals surface area contributed by atoms with E-state index in [9.17, 15) is 4.79 Å². The highest BCUT2D eigenvalue weighted by Crippen LogP contribution is 2.14. The Morgan fingerprint density at radius 3 is 2.95 bits per heavy atom. The minimum absolute atomic E-state index is 0.196. The van der Waals surface area contributed by atoms with Gasteiger partial charge in [-0.05, 0) is 63.2 Å². The predicted molar refractivity (Wildman–Crippen MR) is 82.8 cm³/mol. The number of hydrogen-bond donors (Lipinski definition) is 2. The second-order valence-electron chi connectivity index (χ2n) is 5.93. The first-order chi connectivity index (χ1) is 9.65. The molecule has 3 nitrogen and oxygen atoms in total. The third-order valence-corrected chi connectivity index (χ3v) is 4.16. The van der Waals surface area contributed by atoms with Gasteiger partial charge < -0.3 is 10.6 Å². The van der Waals surface area contributed by atoms with Crippen molar-refractivity contribution in [3.05, 3.63) is 34.9 Å². The zero-order valence-electron chi connectivity index (χ0n) is 12.7. The van der Waals surface area contributed by atoms with Crippen LogP contribution < -0.4 is 10.6 Å². The number of benzene rings is 1. The number of aryl methyl sites for hydroxylation is 2. The quantitative estimate of drug-likeness (QED) is 0.836. The zero-order valence-corrected chi connectivity index (χ0v) is 12.7. The number of nitrogens with one attached hydrogen (secondary N) is 2. The molecule has 20 heavy (non-hydrogen) atoms. The normalized spacial score (nSPS) is 18.2. The summed E-state index contributed by atoms with van der Waals surface area (Å²) >= 11 is 0. The Labute approximate surface area is 122 Å². The molecule has 1 amide bonds. The minimum atomic E-state index is 0.196. The van der Waals surface area contributed by atoms with Crippen LogP contribution in [0.4, 0.5) is 0 Å². The summed E-state index contributed by atoms with van der Waals surface area (Å²) in [6, 6.07) is 6.50. The van der Waals surface area contributed by atoms with Gasteiger partial charge in [-0.2, -0.15) is 0 Å². The van der Waals surface area contributed by atoms with Crippen molar-refractivity contribution in [1.82, 2.24) is 10.6 Å². The van der Waals surface area contributed by atoms with Crippen LogP contribution in [0.2, 0.25) is 0 Å². The SMILES string of the molecule is Cc1ccc(CCNC(=O)CCC2CCNC2)c(C)c1. The van der Waals surface area contributed by atoms with E-state index in [1.165, 1.54) is 23.1 Å². The van der Waals surface area contributed by atoms with Crippen LogP contribution in [0.3, 0.4) is 0 Å². The molecule has 1 fully saturated rings. The molecule has 110 valence electrons. The van der Waals surface area contributed by atoms with Gasteiger partial charge in [0, 0.05) is 13.0 Å². The first kappa shape index (κ1) is 15.0. The molecule has 1 aromatic carbocycles. The van der Waals surface area contributed by atoms with Gasteiger partial charge in [-0.1, -0.05) is 23.8 Å². The molecule has 0 saturated carbocycles. The van der Waals surface area contributed by atoms with Crippen molar-refractivity contribution in [1.29, 1.82) is 0 Å². The average molecular weight is 274 g/mol. The first-order valence-corrected chi connectivity index (χ1v) is 7.68. The molecule has 3 heteroatoms. The summed E-state index contributed by atoms with van der Waals surface area (Å²) in [5, 5.41) is 6.38. The van der Waals surface area contributed by atoms with Gasteiger partial charge in [-0.25, -0.2) is 0 Å². The van der Waals surface area contributed by atoms with Crippen molar-refractivity contribution in [3.63, 3.8) is 0 Å². The molecule has 0 bridgehead atoms. The topological polar surface area (TPSA) is 41.1 Å².